The zero-order valence-corrected chi connectivity index (χ0v) is 10.6. The fourth-order valence-electron chi connectivity index (χ4n) is 1.19. The number of ether oxygens (including phenoxy) is 1. The molecular weight excluding hydrogens is 265 g/mol. The summed E-state index contributed by atoms with van der Waals surface area (Å²) in [6, 6.07) is 6.78. The minimum absolute atomic E-state index is 0.161. The zero-order chi connectivity index (χ0) is 15.0. The maximum atomic E-state index is 12.7. The Balaban J connectivity index is 2.63. The SMILES string of the molecule is COC(=O)CN/C=C(/C#N)C(=O)Nc1ccc(F)cc1. The first-order valence-electron chi connectivity index (χ1n) is 5.54. The number of nitrogens with one attached hydrogen (secondary N) is 2. The minimum Gasteiger partial charge on any atom is -0.468 e. The standard InChI is InChI=1S/C13H12FN3O3/c1-20-12(18)8-16-7-9(6-15)13(19)17-11-4-2-10(14)3-5-11/h2-5,7,16H,8H2,1H3,(H,17,19)/b9-7-. The molecule has 1 amide bonds. The van der Waals surface area contributed by atoms with Crippen LogP contribution in [0.1, 0.15) is 0 Å². The van der Waals surface area contributed by atoms with Crippen LogP contribution in [0.25, 0.3) is 0 Å². The van der Waals surface area contributed by atoms with E-state index in [1.807, 2.05) is 0 Å². The number of nitriles is 1. The van der Waals surface area contributed by atoms with Crippen LogP contribution in [0.5, 0.6) is 0 Å². The van der Waals surface area contributed by atoms with E-state index in [9.17, 15) is 14.0 Å². The van der Waals surface area contributed by atoms with Crippen molar-refractivity contribution in [2.24, 2.45) is 0 Å². The summed E-state index contributed by atoms with van der Waals surface area (Å²) >= 11 is 0. The molecule has 0 aromatic heterocycles. The number of esters is 1. The number of carbonyl (C=O) groups is 2. The van der Waals surface area contributed by atoms with E-state index in [2.05, 4.69) is 15.4 Å². The van der Waals surface area contributed by atoms with Gasteiger partial charge in [0.15, 0.2) is 0 Å². The van der Waals surface area contributed by atoms with E-state index in [1.165, 1.54) is 31.4 Å². The lowest BCUT2D eigenvalue weighted by atomic mass is 10.2. The average molecular weight is 277 g/mol. The van der Waals surface area contributed by atoms with Crippen LogP contribution in [0, 0.1) is 17.1 Å². The highest BCUT2D eigenvalue weighted by Gasteiger charge is 2.09. The molecule has 6 nitrogen and oxygen atoms in total. The molecule has 1 rings (SSSR count). The van der Waals surface area contributed by atoms with Gasteiger partial charge < -0.3 is 15.4 Å². The average Bonchev–Trinajstić information content (AvgIpc) is 2.45. The third-order valence-electron chi connectivity index (χ3n) is 2.19. The molecule has 0 radical (unpaired) electrons. The van der Waals surface area contributed by atoms with Crippen molar-refractivity contribution in [3.05, 3.63) is 41.9 Å². The van der Waals surface area contributed by atoms with Crippen LogP contribution in [-0.2, 0) is 14.3 Å². The van der Waals surface area contributed by atoms with Gasteiger partial charge in [0.05, 0.1) is 7.11 Å². The van der Waals surface area contributed by atoms with Gasteiger partial charge in [0.25, 0.3) is 5.91 Å². The van der Waals surface area contributed by atoms with E-state index in [0.29, 0.717) is 5.69 Å². The topological polar surface area (TPSA) is 91.2 Å². The molecule has 0 bridgehead atoms. The van der Waals surface area contributed by atoms with E-state index >= 15 is 0 Å². The van der Waals surface area contributed by atoms with Crippen LogP contribution in [0.3, 0.4) is 0 Å². The quantitative estimate of drug-likeness (QED) is 0.474. The second-order valence-electron chi connectivity index (χ2n) is 3.59. The van der Waals surface area contributed by atoms with Gasteiger partial charge in [-0.2, -0.15) is 5.26 Å². The monoisotopic (exact) mass is 277 g/mol. The molecule has 0 aliphatic carbocycles. The molecule has 7 heteroatoms. The molecule has 0 aliphatic heterocycles. The smallest absolute Gasteiger partial charge is 0.325 e. The fourth-order valence-corrected chi connectivity index (χ4v) is 1.19. The summed E-state index contributed by atoms with van der Waals surface area (Å²) in [5.41, 5.74) is 0.128. The number of carbonyl (C=O) groups excluding carboxylic acids is 2. The van der Waals surface area contributed by atoms with Crippen molar-refractivity contribution >= 4 is 17.6 Å². The van der Waals surface area contributed by atoms with Gasteiger partial charge in [0, 0.05) is 11.9 Å². The van der Waals surface area contributed by atoms with E-state index < -0.39 is 17.7 Å². The highest BCUT2D eigenvalue weighted by molar-refractivity contribution is 6.06. The Morgan fingerprint density at radius 2 is 2.05 bits per heavy atom. The van der Waals surface area contributed by atoms with Crippen molar-refractivity contribution in [3.8, 4) is 6.07 Å². The third-order valence-corrected chi connectivity index (χ3v) is 2.19. The van der Waals surface area contributed by atoms with Gasteiger partial charge in [-0.05, 0) is 24.3 Å². The molecule has 0 unspecified atom stereocenters. The normalized spacial score (nSPS) is 10.3. The number of hydrogen-bond acceptors (Lipinski definition) is 5. The molecule has 0 saturated heterocycles. The van der Waals surface area contributed by atoms with Crippen molar-refractivity contribution < 1.29 is 18.7 Å². The van der Waals surface area contributed by atoms with Gasteiger partial charge in [0.2, 0.25) is 0 Å². The van der Waals surface area contributed by atoms with Crippen LogP contribution in [-0.4, -0.2) is 25.5 Å². The predicted molar refractivity (Wildman–Crippen MR) is 68.7 cm³/mol. The molecule has 0 atom stereocenters. The van der Waals surface area contributed by atoms with E-state index in [-0.39, 0.29) is 12.1 Å². The Hall–Kier alpha value is -2.88. The highest BCUT2D eigenvalue weighted by Crippen LogP contribution is 2.09. The Morgan fingerprint density at radius 3 is 2.60 bits per heavy atom. The number of anilines is 1. The summed E-state index contributed by atoms with van der Waals surface area (Å²) in [4.78, 5) is 22.6. The molecule has 0 aliphatic rings. The molecule has 1 aromatic rings. The van der Waals surface area contributed by atoms with Gasteiger partial charge in [-0.15, -0.1) is 0 Å². The Morgan fingerprint density at radius 1 is 1.40 bits per heavy atom. The number of hydrogen-bond donors (Lipinski definition) is 2. The molecule has 20 heavy (non-hydrogen) atoms. The lowest BCUT2D eigenvalue weighted by molar-refractivity contribution is -0.139. The van der Waals surface area contributed by atoms with Gasteiger partial charge in [-0.1, -0.05) is 0 Å². The van der Waals surface area contributed by atoms with Crippen molar-refractivity contribution in [1.29, 1.82) is 5.26 Å². The second kappa shape index (κ2) is 7.53. The molecule has 1 aromatic carbocycles. The van der Waals surface area contributed by atoms with Crippen molar-refractivity contribution in [3.63, 3.8) is 0 Å². The lowest BCUT2D eigenvalue weighted by Gasteiger charge is -2.04. The van der Waals surface area contributed by atoms with Crippen molar-refractivity contribution in [2.45, 2.75) is 0 Å². The lowest BCUT2D eigenvalue weighted by Crippen LogP contribution is -2.22. The van der Waals surface area contributed by atoms with Crippen LogP contribution in [0.2, 0.25) is 0 Å². The van der Waals surface area contributed by atoms with Crippen molar-refractivity contribution in [1.82, 2.24) is 5.32 Å². The number of rotatable bonds is 5. The maximum absolute atomic E-state index is 12.7. The van der Waals surface area contributed by atoms with Crippen LogP contribution in [0.15, 0.2) is 36.0 Å². The minimum atomic E-state index is -0.670. The third kappa shape index (κ3) is 4.78. The zero-order valence-electron chi connectivity index (χ0n) is 10.6. The predicted octanol–water partition coefficient (Wildman–Crippen LogP) is 0.934. The summed E-state index contributed by atoms with van der Waals surface area (Å²) in [5, 5.41) is 13.7. The number of benzene rings is 1. The second-order valence-corrected chi connectivity index (χ2v) is 3.59. The van der Waals surface area contributed by atoms with Crippen molar-refractivity contribution in [2.75, 3.05) is 19.0 Å². The van der Waals surface area contributed by atoms with Crippen LogP contribution >= 0.6 is 0 Å². The summed E-state index contributed by atoms with van der Waals surface area (Å²) in [6.45, 7) is -0.161. The molecule has 0 fully saturated rings. The van der Waals surface area contributed by atoms with Gasteiger partial charge in [-0.3, -0.25) is 9.59 Å². The number of nitrogens with zero attached hydrogens (tertiary/aromatic N) is 1. The van der Waals surface area contributed by atoms with Crippen LogP contribution < -0.4 is 10.6 Å². The Kier molecular flexibility index (Phi) is 5.72. The molecule has 0 saturated carbocycles. The van der Waals surface area contributed by atoms with Gasteiger partial charge in [-0.25, -0.2) is 4.39 Å². The first-order chi connectivity index (χ1) is 9.56. The first kappa shape index (κ1) is 15.2. The highest BCUT2D eigenvalue weighted by atomic mass is 19.1. The summed E-state index contributed by atoms with van der Waals surface area (Å²) < 4.78 is 17.1. The van der Waals surface area contributed by atoms with Gasteiger partial charge >= 0.3 is 5.97 Å². The Labute approximate surface area is 114 Å². The molecular formula is C13H12FN3O3. The molecule has 0 spiro atoms. The first-order valence-corrected chi connectivity index (χ1v) is 5.54. The maximum Gasteiger partial charge on any atom is 0.325 e. The van der Waals surface area contributed by atoms with E-state index in [4.69, 9.17) is 5.26 Å². The molecule has 0 heterocycles. The van der Waals surface area contributed by atoms with E-state index in [1.54, 1.807) is 6.07 Å². The number of amides is 1. The van der Waals surface area contributed by atoms with E-state index in [0.717, 1.165) is 6.20 Å². The number of methoxy groups -OCH3 is 1. The fraction of sp³-hybridized carbons (Fsp3) is 0.154. The summed E-state index contributed by atoms with van der Waals surface area (Å²) in [6.07, 6.45) is 1.11. The largest absolute Gasteiger partial charge is 0.468 e. The summed E-state index contributed by atoms with van der Waals surface area (Å²) in [7, 11) is 1.22. The summed E-state index contributed by atoms with van der Waals surface area (Å²) in [5.74, 6) is -1.63. The molecule has 104 valence electrons. The van der Waals surface area contributed by atoms with Crippen LogP contribution in [0.4, 0.5) is 10.1 Å². The van der Waals surface area contributed by atoms with Gasteiger partial charge in [0.1, 0.15) is 24.0 Å². The molecule has 2 N–H and O–H groups in total. The number of halogens is 1. The Bertz CT molecular complexity index is 561.